The SMILES string of the molecule is COc1ccc(NC(=O)N2CCS[C@@]23C(=O)N(Cc2cccc(C#N)c2)c2ccc(OC)cc23)cc1. The molecule has 3 aromatic carbocycles. The molecule has 0 aliphatic carbocycles. The van der Waals surface area contributed by atoms with Crippen molar-refractivity contribution in [2.45, 2.75) is 11.4 Å². The average molecular weight is 501 g/mol. The molecule has 2 aliphatic heterocycles. The minimum absolute atomic E-state index is 0.194. The van der Waals surface area contributed by atoms with Gasteiger partial charge in [0.15, 0.2) is 4.87 Å². The number of carbonyl (C=O) groups is 2. The molecule has 1 spiro atoms. The summed E-state index contributed by atoms with van der Waals surface area (Å²) in [5.41, 5.74) is 3.41. The van der Waals surface area contributed by atoms with Crippen LogP contribution in [-0.4, -0.2) is 43.4 Å². The van der Waals surface area contributed by atoms with Gasteiger partial charge in [-0.25, -0.2) is 4.79 Å². The van der Waals surface area contributed by atoms with Crippen LogP contribution in [0.5, 0.6) is 11.5 Å². The van der Waals surface area contributed by atoms with Crippen molar-refractivity contribution in [1.29, 1.82) is 5.26 Å². The number of benzene rings is 3. The van der Waals surface area contributed by atoms with Crippen LogP contribution in [-0.2, 0) is 16.2 Å². The predicted molar refractivity (Wildman–Crippen MR) is 138 cm³/mol. The normalized spacial score (nSPS) is 18.2. The van der Waals surface area contributed by atoms with Crippen molar-refractivity contribution >= 4 is 35.1 Å². The van der Waals surface area contributed by atoms with E-state index in [9.17, 15) is 14.9 Å². The van der Waals surface area contributed by atoms with Crippen molar-refractivity contribution in [3.63, 3.8) is 0 Å². The fourth-order valence-corrected chi connectivity index (χ4v) is 6.12. The summed E-state index contributed by atoms with van der Waals surface area (Å²) < 4.78 is 10.7. The van der Waals surface area contributed by atoms with Crippen molar-refractivity contribution in [3.05, 3.63) is 83.4 Å². The second-order valence-electron chi connectivity index (χ2n) is 8.39. The molecule has 182 valence electrons. The second kappa shape index (κ2) is 9.47. The first-order chi connectivity index (χ1) is 17.5. The second-order valence-corrected chi connectivity index (χ2v) is 9.68. The summed E-state index contributed by atoms with van der Waals surface area (Å²) in [6, 6.07) is 21.5. The Morgan fingerprint density at radius 2 is 1.83 bits per heavy atom. The summed E-state index contributed by atoms with van der Waals surface area (Å²) in [6.07, 6.45) is 0. The van der Waals surface area contributed by atoms with E-state index in [4.69, 9.17) is 9.47 Å². The smallest absolute Gasteiger partial charge is 0.323 e. The zero-order chi connectivity index (χ0) is 25.3. The lowest BCUT2D eigenvalue weighted by Crippen LogP contribution is -2.51. The quantitative estimate of drug-likeness (QED) is 0.552. The third-order valence-corrected chi connectivity index (χ3v) is 7.80. The Balaban J connectivity index is 1.52. The topological polar surface area (TPSA) is 94.9 Å². The number of amides is 3. The molecular weight excluding hydrogens is 476 g/mol. The van der Waals surface area contributed by atoms with Crippen molar-refractivity contribution < 1.29 is 19.1 Å². The zero-order valence-corrected chi connectivity index (χ0v) is 20.7. The van der Waals surface area contributed by atoms with Crippen molar-refractivity contribution in [1.82, 2.24) is 4.90 Å². The van der Waals surface area contributed by atoms with Crippen LogP contribution in [0.3, 0.4) is 0 Å². The van der Waals surface area contributed by atoms with Crippen LogP contribution in [0.15, 0.2) is 66.7 Å². The first-order valence-corrected chi connectivity index (χ1v) is 12.3. The number of thioether (sulfide) groups is 1. The number of rotatable bonds is 5. The third-order valence-electron chi connectivity index (χ3n) is 6.38. The van der Waals surface area contributed by atoms with E-state index in [1.54, 1.807) is 66.5 Å². The van der Waals surface area contributed by atoms with E-state index >= 15 is 0 Å². The fourth-order valence-electron chi connectivity index (χ4n) is 4.67. The summed E-state index contributed by atoms with van der Waals surface area (Å²) in [5, 5.41) is 12.2. The molecule has 3 aromatic rings. The van der Waals surface area contributed by atoms with Gasteiger partial charge < -0.3 is 19.7 Å². The van der Waals surface area contributed by atoms with Gasteiger partial charge in [0.05, 0.1) is 38.1 Å². The van der Waals surface area contributed by atoms with Gasteiger partial charge >= 0.3 is 6.03 Å². The first kappa shape index (κ1) is 23.6. The minimum Gasteiger partial charge on any atom is -0.497 e. The van der Waals surface area contributed by atoms with Crippen LogP contribution in [0, 0.1) is 11.3 Å². The summed E-state index contributed by atoms with van der Waals surface area (Å²) in [4.78, 5) is 29.8. The third kappa shape index (κ3) is 3.89. The van der Waals surface area contributed by atoms with Gasteiger partial charge in [0, 0.05) is 23.5 Å². The number of carbonyl (C=O) groups excluding carboxylic acids is 2. The predicted octanol–water partition coefficient (Wildman–Crippen LogP) is 4.56. The lowest BCUT2D eigenvalue weighted by molar-refractivity contribution is -0.123. The van der Waals surface area contributed by atoms with E-state index in [1.165, 1.54) is 11.8 Å². The molecule has 2 aliphatic rings. The lowest BCUT2D eigenvalue weighted by Gasteiger charge is -2.33. The number of anilines is 2. The number of hydrogen-bond donors (Lipinski definition) is 1. The molecule has 0 radical (unpaired) electrons. The number of nitrogens with one attached hydrogen (secondary N) is 1. The van der Waals surface area contributed by atoms with E-state index in [-0.39, 0.29) is 18.5 Å². The van der Waals surface area contributed by atoms with Crippen molar-refractivity contribution in [2.75, 3.05) is 36.7 Å². The van der Waals surface area contributed by atoms with Gasteiger partial charge in [-0.1, -0.05) is 12.1 Å². The Hall–Kier alpha value is -4.16. The molecule has 1 atom stereocenters. The highest BCUT2D eigenvalue weighted by molar-refractivity contribution is 8.01. The van der Waals surface area contributed by atoms with Crippen molar-refractivity contribution in [3.8, 4) is 17.6 Å². The van der Waals surface area contributed by atoms with Crippen LogP contribution >= 0.6 is 11.8 Å². The highest BCUT2D eigenvalue weighted by atomic mass is 32.2. The van der Waals surface area contributed by atoms with Crippen LogP contribution < -0.4 is 19.7 Å². The molecule has 1 saturated heterocycles. The molecule has 1 fully saturated rings. The molecule has 36 heavy (non-hydrogen) atoms. The monoisotopic (exact) mass is 500 g/mol. The number of hydrogen-bond acceptors (Lipinski definition) is 6. The number of methoxy groups -OCH3 is 2. The molecule has 0 saturated carbocycles. The van der Waals surface area contributed by atoms with E-state index in [2.05, 4.69) is 11.4 Å². The van der Waals surface area contributed by atoms with Crippen LogP contribution in [0.1, 0.15) is 16.7 Å². The molecule has 3 amide bonds. The molecule has 0 bridgehead atoms. The molecule has 1 N–H and O–H groups in total. The number of nitrogens with zero attached hydrogens (tertiary/aromatic N) is 3. The lowest BCUT2D eigenvalue weighted by atomic mass is 10.1. The molecule has 0 aromatic heterocycles. The largest absolute Gasteiger partial charge is 0.497 e. The summed E-state index contributed by atoms with van der Waals surface area (Å²) in [7, 11) is 3.16. The first-order valence-electron chi connectivity index (χ1n) is 11.4. The zero-order valence-electron chi connectivity index (χ0n) is 19.9. The maximum Gasteiger partial charge on any atom is 0.323 e. The molecule has 2 heterocycles. The van der Waals surface area contributed by atoms with E-state index in [0.29, 0.717) is 35.0 Å². The van der Waals surface area contributed by atoms with Gasteiger partial charge in [-0.2, -0.15) is 5.26 Å². The molecule has 5 rings (SSSR count). The number of urea groups is 1. The Kier molecular flexibility index (Phi) is 6.20. The molecular formula is C27H24N4O4S. The molecule has 9 heteroatoms. The maximum absolute atomic E-state index is 14.2. The Morgan fingerprint density at radius 1 is 1.08 bits per heavy atom. The fraction of sp³-hybridized carbons (Fsp3) is 0.222. The van der Waals surface area contributed by atoms with Gasteiger partial charge in [0.2, 0.25) is 0 Å². The minimum atomic E-state index is -1.22. The van der Waals surface area contributed by atoms with Gasteiger partial charge in [-0.15, -0.1) is 11.8 Å². The van der Waals surface area contributed by atoms with E-state index in [1.807, 2.05) is 24.3 Å². The van der Waals surface area contributed by atoms with Gasteiger partial charge in [0.1, 0.15) is 11.5 Å². The summed E-state index contributed by atoms with van der Waals surface area (Å²) in [6.45, 7) is 0.691. The molecule has 8 nitrogen and oxygen atoms in total. The Bertz CT molecular complexity index is 1370. The summed E-state index contributed by atoms with van der Waals surface area (Å²) in [5.74, 6) is 1.71. The van der Waals surface area contributed by atoms with Crippen molar-refractivity contribution in [2.24, 2.45) is 0 Å². The van der Waals surface area contributed by atoms with E-state index in [0.717, 1.165) is 16.8 Å². The van der Waals surface area contributed by atoms with Gasteiger partial charge in [-0.3, -0.25) is 9.69 Å². The van der Waals surface area contributed by atoms with Gasteiger partial charge in [-0.05, 0) is 60.2 Å². The van der Waals surface area contributed by atoms with Crippen LogP contribution in [0.25, 0.3) is 0 Å². The highest BCUT2D eigenvalue weighted by Gasteiger charge is 2.59. The Morgan fingerprint density at radius 3 is 2.56 bits per heavy atom. The van der Waals surface area contributed by atoms with Crippen LogP contribution in [0.2, 0.25) is 0 Å². The van der Waals surface area contributed by atoms with E-state index < -0.39 is 4.87 Å². The van der Waals surface area contributed by atoms with Gasteiger partial charge in [0.25, 0.3) is 5.91 Å². The Labute approximate surface area is 213 Å². The highest BCUT2D eigenvalue weighted by Crippen LogP contribution is 2.55. The number of nitriles is 1. The number of ether oxygens (including phenoxy) is 2. The summed E-state index contributed by atoms with van der Waals surface area (Å²) >= 11 is 1.44. The average Bonchev–Trinajstić information content (AvgIpc) is 3.46. The number of fused-ring (bicyclic) bond motifs is 2. The molecule has 0 unspecified atom stereocenters. The maximum atomic E-state index is 14.2. The van der Waals surface area contributed by atoms with Crippen LogP contribution in [0.4, 0.5) is 16.2 Å². The standard InChI is InChI=1S/C27H24N4O4S/c1-34-21-8-6-20(7-9-21)29-26(33)31-12-13-36-27(31)23-15-22(35-2)10-11-24(23)30(25(27)32)17-19-5-3-4-18(14-19)16-28/h3-11,14-15H,12-13,17H2,1-2H3,(H,29,33)/t27-/m0/s1.